The van der Waals surface area contributed by atoms with E-state index in [4.69, 9.17) is 0 Å². The van der Waals surface area contributed by atoms with E-state index in [-0.39, 0.29) is 11.4 Å². The maximum absolute atomic E-state index is 13.4. The number of sulfonamides is 1. The first-order chi connectivity index (χ1) is 7.80. The largest absolute Gasteiger partial charge is 0.281 e. The lowest BCUT2D eigenvalue weighted by atomic mass is 10.2. The van der Waals surface area contributed by atoms with E-state index in [0.29, 0.717) is 16.8 Å². The van der Waals surface area contributed by atoms with Crippen molar-refractivity contribution in [3.8, 4) is 0 Å². The van der Waals surface area contributed by atoms with Crippen LogP contribution in [0.3, 0.4) is 0 Å². The summed E-state index contributed by atoms with van der Waals surface area (Å²) in [7, 11) is -3.47. The Morgan fingerprint density at radius 3 is 2.59 bits per heavy atom. The van der Waals surface area contributed by atoms with E-state index in [0.717, 1.165) is 0 Å². The third kappa shape index (κ3) is 5.04. The molecule has 0 heterocycles. The normalized spacial score (nSPS) is 11.8. The molecule has 1 aromatic carbocycles. The van der Waals surface area contributed by atoms with Crippen LogP contribution in [0.2, 0.25) is 0 Å². The third-order valence-electron chi connectivity index (χ3n) is 2.16. The molecular formula is C11H15BrFNO2S. The molecule has 0 spiro atoms. The van der Waals surface area contributed by atoms with E-state index in [9.17, 15) is 12.8 Å². The molecular weight excluding hydrogens is 309 g/mol. The average Bonchev–Trinajstić information content (AvgIpc) is 2.20. The van der Waals surface area contributed by atoms with Gasteiger partial charge in [0.25, 0.3) is 0 Å². The number of hydrogen-bond acceptors (Lipinski definition) is 2. The minimum absolute atomic E-state index is 0.000169. The molecule has 0 fully saturated rings. The highest BCUT2D eigenvalue weighted by Gasteiger charge is 2.13. The Labute approximate surface area is 110 Å². The summed E-state index contributed by atoms with van der Waals surface area (Å²) >= 11 is 3.11. The summed E-state index contributed by atoms with van der Waals surface area (Å²) in [4.78, 5) is 0. The molecule has 0 atom stereocenters. The fourth-order valence-corrected chi connectivity index (χ4v) is 2.90. The zero-order valence-corrected chi connectivity index (χ0v) is 12.1. The van der Waals surface area contributed by atoms with Crippen molar-refractivity contribution in [3.63, 3.8) is 0 Å². The summed E-state index contributed by atoms with van der Waals surface area (Å²) in [6.07, 6.45) is 0.549. The number of nitrogens with one attached hydrogen (secondary N) is 1. The van der Waals surface area contributed by atoms with Crippen molar-refractivity contribution < 1.29 is 12.8 Å². The Balaban J connectivity index is 2.76. The standard InChI is InChI=1S/C11H15BrFNO2S/c1-8(2)5-6-17(15,16)14-11-4-3-9(12)7-10(11)13/h3-4,7-8,14H,5-6H2,1-2H3. The maximum atomic E-state index is 13.4. The lowest BCUT2D eigenvalue weighted by molar-refractivity contribution is 0.576. The van der Waals surface area contributed by atoms with Gasteiger partial charge in [0, 0.05) is 4.47 Å². The molecule has 0 aromatic heterocycles. The first-order valence-corrected chi connectivity index (χ1v) is 7.70. The van der Waals surface area contributed by atoms with Gasteiger partial charge < -0.3 is 0 Å². The molecule has 0 radical (unpaired) electrons. The summed E-state index contributed by atoms with van der Waals surface area (Å²) in [5, 5.41) is 0. The lowest BCUT2D eigenvalue weighted by Gasteiger charge is -2.10. The first-order valence-electron chi connectivity index (χ1n) is 5.26. The summed E-state index contributed by atoms with van der Waals surface area (Å²) in [5.74, 6) is -0.297. The van der Waals surface area contributed by atoms with Crippen molar-refractivity contribution >= 4 is 31.6 Å². The highest BCUT2D eigenvalue weighted by Crippen LogP contribution is 2.20. The molecule has 0 aliphatic rings. The number of rotatable bonds is 5. The van der Waals surface area contributed by atoms with Gasteiger partial charge in [0.15, 0.2) is 0 Å². The summed E-state index contributed by atoms with van der Waals surface area (Å²) in [6, 6.07) is 4.20. The lowest BCUT2D eigenvalue weighted by Crippen LogP contribution is -2.18. The predicted molar refractivity (Wildman–Crippen MR) is 71.0 cm³/mol. The molecule has 96 valence electrons. The molecule has 6 heteroatoms. The molecule has 17 heavy (non-hydrogen) atoms. The Bertz CT molecular complexity index is 488. The van der Waals surface area contributed by atoms with Crippen LogP contribution in [0.1, 0.15) is 20.3 Å². The van der Waals surface area contributed by atoms with Crippen molar-refractivity contribution in [2.75, 3.05) is 10.5 Å². The topological polar surface area (TPSA) is 46.2 Å². The van der Waals surface area contributed by atoms with Gasteiger partial charge in [-0.15, -0.1) is 0 Å². The van der Waals surface area contributed by atoms with Gasteiger partial charge in [0.2, 0.25) is 10.0 Å². The summed E-state index contributed by atoms with van der Waals surface area (Å²) in [6.45, 7) is 3.88. The molecule has 0 bridgehead atoms. The van der Waals surface area contributed by atoms with E-state index in [1.165, 1.54) is 12.1 Å². The van der Waals surface area contributed by atoms with Crippen LogP contribution in [-0.2, 0) is 10.0 Å². The molecule has 0 amide bonds. The van der Waals surface area contributed by atoms with Crippen LogP contribution in [0.4, 0.5) is 10.1 Å². The second-order valence-electron chi connectivity index (χ2n) is 4.23. The molecule has 1 rings (SSSR count). The highest BCUT2D eigenvalue weighted by atomic mass is 79.9. The first kappa shape index (κ1) is 14.4. The smallest absolute Gasteiger partial charge is 0.232 e. The van der Waals surface area contributed by atoms with Crippen LogP contribution in [0.5, 0.6) is 0 Å². The van der Waals surface area contributed by atoms with Crippen LogP contribution in [0.25, 0.3) is 0 Å². The van der Waals surface area contributed by atoms with Gasteiger partial charge in [0.1, 0.15) is 5.82 Å². The Morgan fingerprint density at radius 1 is 1.41 bits per heavy atom. The molecule has 0 aliphatic heterocycles. The van der Waals surface area contributed by atoms with Gasteiger partial charge in [-0.2, -0.15) is 0 Å². The van der Waals surface area contributed by atoms with Crippen molar-refractivity contribution in [2.24, 2.45) is 5.92 Å². The average molecular weight is 324 g/mol. The van der Waals surface area contributed by atoms with Gasteiger partial charge in [-0.3, -0.25) is 4.72 Å². The van der Waals surface area contributed by atoms with Gasteiger partial charge in [-0.05, 0) is 30.5 Å². The Kier molecular flexibility index (Phi) is 4.94. The second kappa shape index (κ2) is 5.82. The van der Waals surface area contributed by atoms with Crippen molar-refractivity contribution in [1.29, 1.82) is 0 Å². The zero-order valence-electron chi connectivity index (χ0n) is 9.70. The van der Waals surface area contributed by atoms with Crippen molar-refractivity contribution in [1.82, 2.24) is 0 Å². The fraction of sp³-hybridized carbons (Fsp3) is 0.455. The minimum Gasteiger partial charge on any atom is -0.281 e. The van der Waals surface area contributed by atoms with Crippen molar-refractivity contribution in [2.45, 2.75) is 20.3 Å². The maximum Gasteiger partial charge on any atom is 0.232 e. The zero-order chi connectivity index (χ0) is 13.1. The summed E-state index contributed by atoms with van der Waals surface area (Å²) < 4.78 is 39.5. The molecule has 0 aliphatic carbocycles. The number of hydrogen-bond donors (Lipinski definition) is 1. The molecule has 0 unspecified atom stereocenters. The molecule has 1 N–H and O–H groups in total. The number of anilines is 1. The van der Waals surface area contributed by atoms with Gasteiger partial charge in [-0.25, -0.2) is 12.8 Å². The van der Waals surface area contributed by atoms with Gasteiger partial charge in [-0.1, -0.05) is 29.8 Å². The fourth-order valence-electron chi connectivity index (χ4n) is 1.18. The van der Waals surface area contributed by atoms with E-state index >= 15 is 0 Å². The minimum atomic E-state index is -3.47. The number of benzene rings is 1. The van der Waals surface area contributed by atoms with Gasteiger partial charge >= 0.3 is 0 Å². The van der Waals surface area contributed by atoms with E-state index in [1.807, 2.05) is 13.8 Å². The molecule has 3 nitrogen and oxygen atoms in total. The molecule has 1 aromatic rings. The summed E-state index contributed by atoms with van der Waals surface area (Å²) in [5.41, 5.74) is -0.0167. The molecule has 0 saturated heterocycles. The van der Waals surface area contributed by atoms with E-state index < -0.39 is 15.8 Å². The van der Waals surface area contributed by atoms with Crippen LogP contribution < -0.4 is 4.72 Å². The van der Waals surface area contributed by atoms with Crippen LogP contribution >= 0.6 is 15.9 Å². The second-order valence-corrected chi connectivity index (χ2v) is 6.99. The Hall–Kier alpha value is -0.620. The third-order valence-corrected chi connectivity index (χ3v) is 3.96. The predicted octanol–water partition coefficient (Wildman–Crippen LogP) is 3.38. The highest BCUT2D eigenvalue weighted by molar-refractivity contribution is 9.10. The molecule has 0 saturated carbocycles. The quantitative estimate of drug-likeness (QED) is 0.902. The van der Waals surface area contributed by atoms with E-state index in [1.54, 1.807) is 6.07 Å². The number of halogens is 2. The van der Waals surface area contributed by atoms with Gasteiger partial charge in [0.05, 0.1) is 11.4 Å². The SMILES string of the molecule is CC(C)CCS(=O)(=O)Nc1ccc(Br)cc1F. The van der Waals surface area contributed by atoms with Crippen molar-refractivity contribution in [3.05, 3.63) is 28.5 Å². The van der Waals surface area contributed by atoms with Crippen LogP contribution in [0, 0.1) is 11.7 Å². The Morgan fingerprint density at radius 2 is 2.06 bits per heavy atom. The van der Waals surface area contributed by atoms with E-state index in [2.05, 4.69) is 20.7 Å². The van der Waals surface area contributed by atoms with Crippen LogP contribution in [0.15, 0.2) is 22.7 Å². The van der Waals surface area contributed by atoms with Crippen LogP contribution in [-0.4, -0.2) is 14.2 Å². The monoisotopic (exact) mass is 323 g/mol.